The first-order valence-corrected chi connectivity index (χ1v) is 13.8. The molecule has 3 heterocycles. The molecule has 2 aromatic carbocycles. The van der Waals surface area contributed by atoms with Crippen LogP contribution in [-0.4, -0.2) is 62.4 Å². The van der Waals surface area contributed by atoms with E-state index in [2.05, 4.69) is 34.5 Å². The summed E-state index contributed by atoms with van der Waals surface area (Å²) in [4.78, 5) is 26.2. The first-order chi connectivity index (χ1) is 19.1. The molecule has 0 unspecified atom stereocenters. The Labute approximate surface area is 235 Å². The van der Waals surface area contributed by atoms with Crippen molar-refractivity contribution in [2.24, 2.45) is 0 Å². The summed E-state index contributed by atoms with van der Waals surface area (Å²) < 4.78 is 7.37. The van der Waals surface area contributed by atoms with Crippen molar-refractivity contribution in [2.45, 2.75) is 52.3 Å². The Hall–Kier alpha value is -4.27. The number of amides is 1. The normalized spacial score (nSPS) is 14.3. The molecule has 0 saturated carbocycles. The highest BCUT2D eigenvalue weighted by molar-refractivity contribution is 5.94. The van der Waals surface area contributed by atoms with Gasteiger partial charge in [0.1, 0.15) is 16.9 Å². The monoisotopic (exact) mass is 542 g/mol. The van der Waals surface area contributed by atoms with E-state index in [4.69, 9.17) is 14.7 Å². The fourth-order valence-corrected chi connectivity index (χ4v) is 4.92. The van der Waals surface area contributed by atoms with Gasteiger partial charge in [-0.05, 0) is 45.7 Å². The molecule has 0 bridgehead atoms. The molecule has 0 atom stereocenters. The highest BCUT2D eigenvalue weighted by atomic mass is 16.6. The molecule has 210 valence electrons. The van der Waals surface area contributed by atoms with Crippen molar-refractivity contribution in [3.8, 4) is 5.88 Å². The van der Waals surface area contributed by atoms with Crippen LogP contribution >= 0.6 is 0 Å². The second kappa shape index (κ2) is 11.1. The SMILES string of the molecule is CC(C)n1cc2c(NC(c3ccccc3)c3ccccc3)nc(N3CCN(C(=O)OC(C)(C)C)CC3)nc2c1O. The Morgan fingerprint density at radius 2 is 1.50 bits per heavy atom. The fraction of sp³-hybridized carbons (Fsp3) is 0.387. The van der Waals surface area contributed by atoms with Crippen LogP contribution in [-0.2, 0) is 4.74 Å². The number of ether oxygens (including phenoxy) is 1. The van der Waals surface area contributed by atoms with Crippen LogP contribution in [0, 0.1) is 0 Å². The summed E-state index contributed by atoms with van der Waals surface area (Å²) in [6.45, 7) is 11.7. The van der Waals surface area contributed by atoms with Crippen molar-refractivity contribution in [2.75, 3.05) is 36.4 Å². The molecule has 40 heavy (non-hydrogen) atoms. The molecule has 1 aliphatic rings. The third kappa shape index (κ3) is 5.83. The van der Waals surface area contributed by atoms with Crippen LogP contribution in [0.15, 0.2) is 66.9 Å². The van der Waals surface area contributed by atoms with E-state index in [1.54, 1.807) is 4.90 Å². The Balaban J connectivity index is 1.51. The minimum Gasteiger partial charge on any atom is -0.493 e. The van der Waals surface area contributed by atoms with E-state index in [9.17, 15) is 9.90 Å². The van der Waals surface area contributed by atoms with Gasteiger partial charge in [0, 0.05) is 38.4 Å². The number of carbonyl (C=O) groups excluding carboxylic acids is 1. The van der Waals surface area contributed by atoms with E-state index in [0.29, 0.717) is 43.5 Å². The molecule has 1 saturated heterocycles. The van der Waals surface area contributed by atoms with Gasteiger partial charge in [0.15, 0.2) is 0 Å². The smallest absolute Gasteiger partial charge is 0.410 e. The van der Waals surface area contributed by atoms with E-state index >= 15 is 0 Å². The van der Waals surface area contributed by atoms with Crippen molar-refractivity contribution in [3.05, 3.63) is 78.0 Å². The molecule has 9 heteroatoms. The van der Waals surface area contributed by atoms with Gasteiger partial charge in [-0.2, -0.15) is 4.98 Å². The van der Waals surface area contributed by atoms with E-state index in [1.807, 2.05) is 81.8 Å². The molecule has 2 aromatic heterocycles. The lowest BCUT2D eigenvalue weighted by atomic mass is 9.98. The number of piperazine rings is 1. The molecular formula is C31H38N6O3. The Morgan fingerprint density at radius 3 is 2.02 bits per heavy atom. The molecule has 1 fully saturated rings. The second-order valence-corrected chi connectivity index (χ2v) is 11.4. The maximum atomic E-state index is 12.6. The molecule has 0 aliphatic carbocycles. The summed E-state index contributed by atoms with van der Waals surface area (Å²) in [6.07, 6.45) is 1.60. The Bertz CT molecular complexity index is 1420. The summed E-state index contributed by atoms with van der Waals surface area (Å²) in [7, 11) is 0. The third-order valence-electron chi connectivity index (χ3n) is 6.98. The standard InChI is InChI=1S/C31H38N6O3/c1-21(2)37-20-24-26(28(37)38)33-29(35-16-18-36(19-17-35)30(39)40-31(3,4)5)34-27(24)32-25(22-12-8-6-9-13-22)23-14-10-7-11-15-23/h6-15,20-21,25,38H,16-19H2,1-5H3,(H,32,33,34). The van der Waals surface area contributed by atoms with Crippen LogP contribution in [0.5, 0.6) is 5.88 Å². The number of aromatic nitrogens is 3. The average Bonchev–Trinajstić information content (AvgIpc) is 3.28. The maximum Gasteiger partial charge on any atom is 0.410 e. The summed E-state index contributed by atoms with van der Waals surface area (Å²) in [5.41, 5.74) is 2.15. The third-order valence-corrected chi connectivity index (χ3v) is 6.98. The summed E-state index contributed by atoms with van der Waals surface area (Å²) in [6, 6.07) is 20.4. The number of anilines is 2. The largest absolute Gasteiger partial charge is 0.493 e. The van der Waals surface area contributed by atoms with E-state index < -0.39 is 5.60 Å². The average molecular weight is 543 g/mol. The van der Waals surface area contributed by atoms with Gasteiger partial charge in [-0.1, -0.05) is 60.7 Å². The number of benzene rings is 2. The van der Waals surface area contributed by atoms with E-state index in [0.717, 1.165) is 16.5 Å². The van der Waals surface area contributed by atoms with E-state index in [-0.39, 0.29) is 24.1 Å². The summed E-state index contributed by atoms with van der Waals surface area (Å²) in [5.74, 6) is 1.26. The first-order valence-electron chi connectivity index (χ1n) is 13.8. The molecule has 9 nitrogen and oxygen atoms in total. The van der Waals surface area contributed by atoms with Gasteiger partial charge in [-0.3, -0.25) is 0 Å². The molecule has 0 radical (unpaired) electrons. The highest BCUT2D eigenvalue weighted by Crippen LogP contribution is 2.36. The van der Waals surface area contributed by atoms with Gasteiger partial charge in [0.05, 0.1) is 11.4 Å². The topological polar surface area (TPSA) is 95.8 Å². The second-order valence-electron chi connectivity index (χ2n) is 11.4. The van der Waals surface area contributed by atoms with Crippen LogP contribution in [0.25, 0.3) is 10.9 Å². The predicted molar refractivity (Wildman–Crippen MR) is 158 cm³/mol. The zero-order valence-corrected chi connectivity index (χ0v) is 23.8. The number of carbonyl (C=O) groups is 1. The maximum absolute atomic E-state index is 12.6. The number of hydrogen-bond acceptors (Lipinski definition) is 7. The molecule has 0 spiro atoms. The zero-order chi connectivity index (χ0) is 28.4. The number of nitrogens with one attached hydrogen (secondary N) is 1. The summed E-state index contributed by atoms with van der Waals surface area (Å²) >= 11 is 0. The van der Waals surface area contributed by atoms with Crippen molar-refractivity contribution in [1.82, 2.24) is 19.4 Å². The predicted octanol–water partition coefficient (Wildman–Crippen LogP) is 5.98. The Kier molecular flexibility index (Phi) is 7.56. The molecule has 2 N–H and O–H groups in total. The van der Waals surface area contributed by atoms with Crippen LogP contribution < -0.4 is 10.2 Å². The van der Waals surface area contributed by atoms with Gasteiger partial charge in [0.2, 0.25) is 11.8 Å². The number of aromatic hydroxyl groups is 1. The van der Waals surface area contributed by atoms with E-state index in [1.165, 1.54) is 0 Å². The van der Waals surface area contributed by atoms with Crippen molar-refractivity contribution >= 4 is 28.8 Å². The number of rotatable bonds is 6. The van der Waals surface area contributed by atoms with Crippen LogP contribution in [0.4, 0.5) is 16.6 Å². The van der Waals surface area contributed by atoms with Crippen LogP contribution in [0.3, 0.4) is 0 Å². The minimum atomic E-state index is -0.544. The lowest BCUT2D eigenvalue weighted by Crippen LogP contribution is -2.50. The zero-order valence-electron chi connectivity index (χ0n) is 23.8. The van der Waals surface area contributed by atoms with Gasteiger partial charge in [-0.15, -0.1) is 0 Å². The molecule has 1 amide bonds. The fourth-order valence-electron chi connectivity index (χ4n) is 4.92. The molecule has 1 aliphatic heterocycles. The molecule has 4 aromatic rings. The minimum absolute atomic E-state index is 0.0434. The van der Waals surface area contributed by atoms with Crippen molar-refractivity contribution in [1.29, 1.82) is 0 Å². The van der Waals surface area contributed by atoms with Gasteiger partial charge in [0.25, 0.3) is 0 Å². The van der Waals surface area contributed by atoms with Gasteiger partial charge < -0.3 is 29.5 Å². The van der Waals surface area contributed by atoms with Crippen molar-refractivity contribution in [3.63, 3.8) is 0 Å². The lowest BCUT2D eigenvalue weighted by molar-refractivity contribution is 0.0240. The molecular weight excluding hydrogens is 504 g/mol. The van der Waals surface area contributed by atoms with Gasteiger partial charge >= 0.3 is 6.09 Å². The Morgan fingerprint density at radius 1 is 0.925 bits per heavy atom. The van der Waals surface area contributed by atoms with Crippen molar-refractivity contribution < 1.29 is 14.6 Å². The van der Waals surface area contributed by atoms with Gasteiger partial charge in [-0.25, -0.2) is 9.78 Å². The lowest BCUT2D eigenvalue weighted by Gasteiger charge is -2.35. The highest BCUT2D eigenvalue weighted by Gasteiger charge is 2.28. The van der Waals surface area contributed by atoms with Crippen LogP contribution in [0.1, 0.15) is 57.8 Å². The summed E-state index contributed by atoms with van der Waals surface area (Å²) in [5, 5.41) is 15.6. The number of nitrogens with zero attached hydrogens (tertiary/aromatic N) is 5. The molecule has 5 rings (SSSR count). The number of fused-ring (bicyclic) bond motifs is 1. The number of hydrogen-bond donors (Lipinski definition) is 2. The first kappa shape index (κ1) is 27.3. The van der Waals surface area contributed by atoms with Crippen LogP contribution in [0.2, 0.25) is 0 Å². The quantitative estimate of drug-likeness (QED) is 0.310.